The Labute approximate surface area is 114 Å². The van der Waals surface area contributed by atoms with Gasteiger partial charge in [0.25, 0.3) is 11.6 Å². The van der Waals surface area contributed by atoms with E-state index in [0.29, 0.717) is 6.07 Å². The van der Waals surface area contributed by atoms with E-state index in [1.165, 1.54) is 7.05 Å². The molecule has 20 heavy (non-hydrogen) atoms. The first-order valence-electron chi connectivity index (χ1n) is 5.71. The Hall–Kier alpha value is -2.51. The average molecular weight is 284 g/mol. The summed E-state index contributed by atoms with van der Waals surface area (Å²) in [5.74, 6) is -2.21. The zero-order chi connectivity index (χ0) is 15.3. The number of halogens is 1. The number of amides is 1. The monoisotopic (exact) mass is 284 g/mol. The topological polar surface area (TPSA) is 89.8 Å². The van der Waals surface area contributed by atoms with E-state index in [-0.39, 0.29) is 18.7 Å². The number of carbonyl (C=O) groups excluding carboxylic acids is 2. The molecular weight excluding hydrogens is 271 g/mol. The van der Waals surface area contributed by atoms with Gasteiger partial charge >= 0.3 is 5.97 Å². The van der Waals surface area contributed by atoms with Gasteiger partial charge in [0.2, 0.25) is 0 Å². The van der Waals surface area contributed by atoms with E-state index < -0.39 is 28.3 Å². The van der Waals surface area contributed by atoms with Crippen LogP contribution in [-0.4, -0.2) is 41.9 Å². The molecule has 0 atom stereocenters. The van der Waals surface area contributed by atoms with E-state index in [1.807, 2.05) is 0 Å². The fourth-order valence-electron chi connectivity index (χ4n) is 1.51. The number of nitrogens with zero attached hydrogens (tertiary/aromatic N) is 2. The second kappa shape index (κ2) is 6.60. The Bertz CT molecular complexity index is 547. The molecule has 108 valence electrons. The van der Waals surface area contributed by atoms with Crippen molar-refractivity contribution >= 4 is 17.6 Å². The summed E-state index contributed by atoms with van der Waals surface area (Å²) in [5, 5.41) is 10.8. The van der Waals surface area contributed by atoms with E-state index in [1.54, 1.807) is 6.92 Å². The molecule has 1 amide bonds. The zero-order valence-corrected chi connectivity index (χ0v) is 11.0. The van der Waals surface area contributed by atoms with Crippen LogP contribution in [0.25, 0.3) is 0 Å². The molecule has 7 nitrogen and oxygen atoms in total. The number of hydrogen-bond acceptors (Lipinski definition) is 5. The van der Waals surface area contributed by atoms with Gasteiger partial charge < -0.3 is 9.64 Å². The summed E-state index contributed by atoms with van der Waals surface area (Å²) in [4.78, 5) is 34.2. The number of nitro groups is 1. The van der Waals surface area contributed by atoms with Gasteiger partial charge in [0.1, 0.15) is 17.9 Å². The van der Waals surface area contributed by atoms with Crippen molar-refractivity contribution in [3.8, 4) is 0 Å². The molecule has 0 aliphatic rings. The van der Waals surface area contributed by atoms with Gasteiger partial charge in [-0.25, -0.2) is 4.39 Å². The van der Waals surface area contributed by atoms with Gasteiger partial charge in [-0.3, -0.25) is 19.7 Å². The predicted octanol–water partition coefficient (Wildman–Crippen LogP) is 1.37. The molecule has 0 fully saturated rings. The Morgan fingerprint density at radius 1 is 1.45 bits per heavy atom. The molecule has 8 heteroatoms. The van der Waals surface area contributed by atoms with Gasteiger partial charge in [0.15, 0.2) is 0 Å². The van der Waals surface area contributed by atoms with Crippen LogP contribution in [0.15, 0.2) is 18.2 Å². The molecule has 0 spiro atoms. The third-order valence-electron chi connectivity index (χ3n) is 2.41. The minimum Gasteiger partial charge on any atom is -0.465 e. The molecular formula is C12H13FN2O5. The number of likely N-dealkylation sites (N-methyl/N-ethyl adjacent to an activating group) is 1. The van der Waals surface area contributed by atoms with Gasteiger partial charge in [-0.1, -0.05) is 0 Å². The Morgan fingerprint density at radius 3 is 2.65 bits per heavy atom. The number of hydrogen-bond donors (Lipinski definition) is 0. The lowest BCUT2D eigenvalue weighted by atomic mass is 10.1. The highest BCUT2D eigenvalue weighted by Crippen LogP contribution is 2.21. The maximum absolute atomic E-state index is 13.0. The van der Waals surface area contributed by atoms with E-state index >= 15 is 0 Å². The molecule has 0 radical (unpaired) electrons. The maximum atomic E-state index is 13.0. The van der Waals surface area contributed by atoms with Crippen LogP contribution in [0.5, 0.6) is 0 Å². The highest BCUT2D eigenvalue weighted by Gasteiger charge is 2.24. The molecule has 0 saturated heterocycles. The van der Waals surface area contributed by atoms with Crippen molar-refractivity contribution in [1.29, 1.82) is 0 Å². The van der Waals surface area contributed by atoms with Crippen molar-refractivity contribution < 1.29 is 23.6 Å². The van der Waals surface area contributed by atoms with Crippen LogP contribution in [0.3, 0.4) is 0 Å². The Kier molecular flexibility index (Phi) is 5.13. The largest absolute Gasteiger partial charge is 0.465 e. The van der Waals surface area contributed by atoms with Crippen molar-refractivity contribution in [3.63, 3.8) is 0 Å². The van der Waals surface area contributed by atoms with E-state index in [9.17, 15) is 24.1 Å². The second-order valence-electron chi connectivity index (χ2n) is 3.88. The predicted molar refractivity (Wildman–Crippen MR) is 66.6 cm³/mol. The first-order chi connectivity index (χ1) is 9.36. The molecule has 1 aromatic rings. The van der Waals surface area contributed by atoms with Crippen LogP contribution in [0, 0.1) is 15.9 Å². The quantitative estimate of drug-likeness (QED) is 0.462. The minimum atomic E-state index is -0.853. The van der Waals surface area contributed by atoms with E-state index in [2.05, 4.69) is 4.74 Å². The molecule has 0 saturated carbocycles. The summed E-state index contributed by atoms with van der Waals surface area (Å²) in [6.07, 6.45) is 0. The van der Waals surface area contributed by atoms with Crippen molar-refractivity contribution in [2.75, 3.05) is 20.2 Å². The van der Waals surface area contributed by atoms with Crippen LogP contribution in [0.1, 0.15) is 17.3 Å². The highest BCUT2D eigenvalue weighted by molar-refractivity contribution is 5.99. The van der Waals surface area contributed by atoms with Crippen molar-refractivity contribution in [2.45, 2.75) is 6.92 Å². The van der Waals surface area contributed by atoms with Crippen molar-refractivity contribution in [1.82, 2.24) is 4.90 Å². The molecule has 0 aliphatic heterocycles. The number of benzene rings is 1. The lowest BCUT2D eigenvalue weighted by Crippen LogP contribution is -2.33. The van der Waals surface area contributed by atoms with E-state index in [0.717, 1.165) is 17.0 Å². The van der Waals surface area contributed by atoms with Crippen LogP contribution in [-0.2, 0) is 9.53 Å². The van der Waals surface area contributed by atoms with Gasteiger partial charge in [-0.05, 0) is 19.1 Å². The molecule has 0 bridgehead atoms. The normalized spacial score (nSPS) is 9.95. The van der Waals surface area contributed by atoms with Gasteiger partial charge in [0, 0.05) is 7.05 Å². The second-order valence-corrected chi connectivity index (χ2v) is 3.88. The molecule has 0 aliphatic carbocycles. The fraction of sp³-hybridized carbons (Fsp3) is 0.333. The summed E-state index contributed by atoms with van der Waals surface area (Å²) in [5.41, 5.74) is -0.936. The highest BCUT2D eigenvalue weighted by atomic mass is 19.1. The lowest BCUT2D eigenvalue weighted by molar-refractivity contribution is -0.385. The standard InChI is InChI=1S/C12H13FN2O5/c1-3-20-11(16)7-14(2)12(17)9-5-4-8(13)6-10(9)15(18)19/h4-6H,3,7H2,1-2H3. The fourth-order valence-corrected chi connectivity index (χ4v) is 1.51. The maximum Gasteiger partial charge on any atom is 0.325 e. The molecule has 1 aromatic carbocycles. The first-order valence-corrected chi connectivity index (χ1v) is 5.71. The zero-order valence-electron chi connectivity index (χ0n) is 11.0. The first kappa shape index (κ1) is 15.5. The summed E-state index contributed by atoms with van der Waals surface area (Å²) in [7, 11) is 1.30. The number of rotatable bonds is 5. The smallest absolute Gasteiger partial charge is 0.325 e. The summed E-state index contributed by atoms with van der Waals surface area (Å²) in [6, 6.07) is 2.61. The van der Waals surface area contributed by atoms with Gasteiger partial charge in [-0.15, -0.1) is 0 Å². The van der Waals surface area contributed by atoms with Crippen LogP contribution in [0.2, 0.25) is 0 Å². The summed E-state index contributed by atoms with van der Waals surface area (Å²) >= 11 is 0. The number of ether oxygens (including phenoxy) is 1. The Balaban J connectivity index is 2.97. The lowest BCUT2D eigenvalue weighted by Gasteiger charge is -2.16. The SMILES string of the molecule is CCOC(=O)CN(C)C(=O)c1ccc(F)cc1[N+](=O)[O-]. The summed E-state index contributed by atoms with van der Waals surface area (Å²) in [6.45, 7) is 1.43. The van der Waals surface area contributed by atoms with Crippen LogP contribution in [0.4, 0.5) is 10.1 Å². The molecule has 0 N–H and O–H groups in total. The minimum absolute atomic E-state index is 0.164. The number of esters is 1. The third kappa shape index (κ3) is 3.74. The third-order valence-corrected chi connectivity index (χ3v) is 2.41. The Morgan fingerprint density at radius 2 is 2.10 bits per heavy atom. The summed E-state index contributed by atoms with van der Waals surface area (Å²) < 4.78 is 17.6. The molecule has 1 rings (SSSR count). The van der Waals surface area contributed by atoms with Crippen LogP contribution < -0.4 is 0 Å². The van der Waals surface area contributed by atoms with Gasteiger partial charge in [-0.2, -0.15) is 0 Å². The van der Waals surface area contributed by atoms with Crippen LogP contribution >= 0.6 is 0 Å². The average Bonchev–Trinajstić information content (AvgIpc) is 2.37. The van der Waals surface area contributed by atoms with E-state index in [4.69, 9.17) is 0 Å². The number of nitro benzene ring substituents is 1. The van der Waals surface area contributed by atoms with Gasteiger partial charge in [0.05, 0.1) is 17.6 Å². The molecule has 0 heterocycles. The van der Waals surface area contributed by atoms with Crippen molar-refractivity contribution in [3.05, 3.63) is 39.7 Å². The molecule has 0 unspecified atom stereocenters. The van der Waals surface area contributed by atoms with Crippen molar-refractivity contribution in [2.24, 2.45) is 0 Å². The number of carbonyl (C=O) groups is 2. The molecule has 0 aromatic heterocycles.